The molecule has 0 radical (unpaired) electrons. The van der Waals surface area contributed by atoms with Crippen LogP contribution in [0.15, 0.2) is 24.3 Å². The summed E-state index contributed by atoms with van der Waals surface area (Å²) in [4.78, 5) is 0. The fraction of sp³-hybridized carbons (Fsp3) is 0.429. The summed E-state index contributed by atoms with van der Waals surface area (Å²) < 4.78 is 0. The first-order chi connectivity index (χ1) is 8.40. The van der Waals surface area contributed by atoms with Crippen LogP contribution in [0.5, 0.6) is 0 Å². The first-order valence-corrected chi connectivity index (χ1v) is 6.39. The number of aromatic nitrogens is 2. The maximum atomic E-state index is 4.41. The van der Waals surface area contributed by atoms with E-state index in [2.05, 4.69) is 46.7 Å². The van der Waals surface area contributed by atoms with Gasteiger partial charge in [-0.05, 0) is 19.3 Å². The van der Waals surface area contributed by atoms with E-state index >= 15 is 0 Å². The highest BCUT2D eigenvalue weighted by Gasteiger charge is 2.27. The Balaban J connectivity index is 2.09. The lowest BCUT2D eigenvalue weighted by molar-refractivity contribution is 0.910. The van der Waals surface area contributed by atoms with Crippen LogP contribution in [0.25, 0.3) is 10.8 Å². The SMILES string of the molecule is CCCNc1nnc(C2CC2)c2ccccc12. The van der Waals surface area contributed by atoms with Gasteiger partial charge in [0.1, 0.15) is 0 Å². The Morgan fingerprint density at radius 3 is 2.65 bits per heavy atom. The minimum Gasteiger partial charge on any atom is -0.368 e. The molecule has 0 bridgehead atoms. The van der Waals surface area contributed by atoms with E-state index in [1.54, 1.807) is 0 Å². The Morgan fingerprint density at radius 1 is 1.18 bits per heavy atom. The molecule has 1 aliphatic carbocycles. The molecule has 1 aromatic carbocycles. The molecule has 1 aromatic heterocycles. The number of hydrogen-bond donors (Lipinski definition) is 1. The minimum absolute atomic E-state index is 0.646. The van der Waals surface area contributed by atoms with Crippen LogP contribution in [-0.4, -0.2) is 16.7 Å². The van der Waals surface area contributed by atoms with Gasteiger partial charge in [0.05, 0.1) is 5.69 Å². The van der Waals surface area contributed by atoms with Crippen molar-refractivity contribution in [2.24, 2.45) is 0 Å². The van der Waals surface area contributed by atoms with Gasteiger partial charge in [0.2, 0.25) is 0 Å². The zero-order valence-corrected chi connectivity index (χ0v) is 10.1. The van der Waals surface area contributed by atoms with Crippen LogP contribution in [0.3, 0.4) is 0 Å². The molecule has 0 saturated heterocycles. The monoisotopic (exact) mass is 227 g/mol. The van der Waals surface area contributed by atoms with E-state index in [0.29, 0.717) is 5.92 Å². The van der Waals surface area contributed by atoms with Crippen LogP contribution in [0, 0.1) is 0 Å². The summed E-state index contributed by atoms with van der Waals surface area (Å²) in [5, 5.41) is 14.6. The number of nitrogens with zero attached hydrogens (tertiary/aromatic N) is 2. The molecule has 0 unspecified atom stereocenters. The van der Waals surface area contributed by atoms with E-state index in [-0.39, 0.29) is 0 Å². The highest BCUT2D eigenvalue weighted by atomic mass is 15.2. The molecule has 3 nitrogen and oxygen atoms in total. The lowest BCUT2D eigenvalue weighted by atomic mass is 10.1. The van der Waals surface area contributed by atoms with Gasteiger partial charge in [-0.3, -0.25) is 0 Å². The highest BCUT2D eigenvalue weighted by molar-refractivity contribution is 5.93. The molecular weight excluding hydrogens is 210 g/mol. The van der Waals surface area contributed by atoms with Gasteiger partial charge in [-0.2, -0.15) is 5.10 Å². The van der Waals surface area contributed by atoms with E-state index in [4.69, 9.17) is 0 Å². The van der Waals surface area contributed by atoms with Crippen LogP contribution in [0.1, 0.15) is 37.8 Å². The molecule has 1 fully saturated rings. The quantitative estimate of drug-likeness (QED) is 0.870. The first kappa shape index (κ1) is 10.5. The van der Waals surface area contributed by atoms with Crippen molar-refractivity contribution < 1.29 is 0 Å². The molecule has 2 aromatic rings. The second kappa shape index (κ2) is 4.32. The third-order valence-corrected chi connectivity index (χ3v) is 3.22. The molecule has 0 spiro atoms. The molecule has 17 heavy (non-hydrogen) atoms. The second-order valence-corrected chi connectivity index (χ2v) is 4.68. The normalized spacial score (nSPS) is 15.1. The van der Waals surface area contributed by atoms with Gasteiger partial charge in [0.15, 0.2) is 5.82 Å². The number of rotatable bonds is 4. The Morgan fingerprint density at radius 2 is 1.94 bits per heavy atom. The summed E-state index contributed by atoms with van der Waals surface area (Å²) in [5.74, 6) is 1.57. The number of benzene rings is 1. The van der Waals surface area contributed by atoms with E-state index in [1.807, 2.05) is 0 Å². The van der Waals surface area contributed by atoms with Crippen LogP contribution >= 0.6 is 0 Å². The molecule has 3 heteroatoms. The zero-order chi connectivity index (χ0) is 11.7. The molecule has 3 rings (SSSR count). The molecule has 0 aliphatic heterocycles. The van der Waals surface area contributed by atoms with Gasteiger partial charge in [0.25, 0.3) is 0 Å². The van der Waals surface area contributed by atoms with E-state index in [1.165, 1.54) is 29.3 Å². The maximum Gasteiger partial charge on any atom is 0.156 e. The van der Waals surface area contributed by atoms with Gasteiger partial charge in [0, 0.05) is 23.2 Å². The minimum atomic E-state index is 0.646. The number of hydrogen-bond acceptors (Lipinski definition) is 3. The van der Waals surface area contributed by atoms with Crippen molar-refractivity contribution in [1.82, 2.24) is 10.2 Å². The Bertz CT molecular complexity index is 532. The Kier molecular flexibility index (Phi) is 2.67. The van der Waals surface area contributed by atoms with Crippen LogP contribution in [-0.2, 0) is 0 Å². The topological polar surface area (TPSA) is 37.8 Å². The van der Waals surface area contributed by atoms with Crippen molar-refractivity contribution in [1.29, 1.82) is 0 Å². The average Bonchev–Trinajstić information content (AvgIpc) is 3.20. The van der Waals surface area contributed by atoms with Gasteiger partial charge >= 0.3 is 0 Å². The Labute approximate surface area is 101 Å². The summed E-state index contributed by atoms with van der Waals surface area (Å²) in [6.45, 7) is 3.10. The van der Waals surface area contributed by atoms with Crippen molar-refractivity contribution >= 4 is 16.6 Å². The summed E-state index contributed by atoms with van der Waals surface area (Å²) in [5.41, 5.74) is 1.18. The van der Waals surface area contributed by atoms with Crippen molar-refractivity contribution in [2.75, 3.05) is 11.9 Å². The largest absolute Gasteiger partial charge is 0.368 e. The van der Waals surface area contributed by atoms with Gasteiger partial charge in [-0.25, -0.2) is 0 Å². The highest BCUT2D eigenvalue weighted by Crippen LogP contribution is 2.42. The zero-order valence-electron chi connectivity index (χ0n) is 10.1. The van der Waals surface area contributed by atoms with Crippen molar-refractivity contribution in [3.8, 4) is 0 Å². The van der Waals surface area contributed by atoms with Crippen LogP contribution in [0.4, 0.5) is 5.82 Å². The maximum absolute atomic E-state index is 4.41. The molecule has 1 N–H and O–H groups in total. The van der Waals surface area contributed by atoms with E-state index in [0.717, 1.165) is 18.8 Å². The summed E-state index contributed by atoms with van der Waals surface area (Å²) in [6, 6.07) is 8.44. The van der Waals surface area contributed by atoms with E-state index < -0.39 is 0 Å². The number of anilines is 1. The third-order valence-electron chi connectivity index (χ3n) is 3.22. The fourth-order valence-electron chi connectivity index (χ4n) is 2.16. The lowest BCUT2D eigenvalue weighted by Crippen LogP contribution is -2.05. The third kappa shape index (κ3) is 1.97. The Hall–Kier alpha value is -1.64. The van der Waals surface area contributed by atoms with Gasteiger partial charge < -0.3 is 5.32 Å². The van der Waals surface area contributed by atoms with Crippen molar-refractivity contribution in [2.45, 2.75) is 32.1 Å². The standard InChI is InChI=1S/C14H17N3/c1-2-9-15-14-12-6-4-3-5-11(12)13(16-17-14)10-7-8-10/h3-6,10H,2,7-9H2,1H3,(H,15,17). The average molecular weight is 227 g/mol. The van der Waals surface area contributed by atoms with E-state index in [9.17, 15) is 0 Å². The summed E-state index contributed by atoms with van der Waals surface area (Å²) >= 11 is 0. The molecular formula is C14H17N3. The predicted octanol–water partition coefficient (Wildman–Crippen LogP) is 3.33. The summed E-state index contributed by atoms with van der Waals surface area (Å²) in [6.07, 6.45) is 3.63. The molecule has 1 heterocycles. The second-order valence-electron chi connectivity index (χ2n) is 4.68. The molecule has 0 amide bonds. The van der Waals surface area contributed by atoms with Crippen LogP contribution in [0.2, 0.25) is 0 Å². The smallest absolute Gasteiger partial charge is 0.156 e. The molecule has 0 atom stereocenters. The van der Waals surface area contributed by atoms with Gasteiger partial charge in [-0.15, -0.1) is 5.10 Å². The molecule has 1 aliphatic rings. The summed E-state index contributed by atoms with van der Waals surface area (Å²) in [7, 11) is 0. The van der Waals surface area contributed by atoms with Crippen molar-refractivity contribution in [3.05, 3.63) is 30.0 Å². The first-order valence-electron chi connectivity index (χ1n) is 6.39. The van der Waals surface area contributed by atoms with Crippen molar-refractivity contribution in [3.63, 3.8) is 0 Å². The molecule has 88 valence electrons. The van der Waals surface area contributed by atoms with Gasteiger partial charge in [-0.1, -0.05) is 31.2 Å². The lowest BCUT2D eigenvalue weighted by Gasteiger charge is -2.09. The predicted molar refractivity (Wildman–Crippen MR) is 70.3 cm³/mol. The number of fused-ring (bicyclic) bond motifs is 1. The number of nitrogens with one attached hydrogen (secondary N) is 1. The molecule has 1 saturated carbocycles. The van der Waals surface area contributed by atoms with Crippen LogP contribution < -0.4 is 5.32 Å². The fourth-order valence-corrected chi connectivity index (χ4v) is 2.16.